The van der Waals surface area contributed by atoms with E-state index in [0.717, 1.165) is 19.4 Å². The molecule has 0 saturated heterocycles. The van der Waals surface area contributed by atoms with Gasteiger partial charge in [-0.2, -0.15) is 0 Å². The molecule has 1 aromatic carbocycles. The minimum Gasteiger partial charge on any atom is -0.382 e. The number of nitro groups is 1. The summed E-state index contributed by atoms with van der Waals surface area (Å²) in [6.45, 7) is 2.69. The predicted molar refractivity (Wildman–Crippen MR) is 73.0 cm³/mol. The Bertz CT molecular complexity index is 460. The van der Waals surface area contributed by atoms with Crippen LogP contribution in [0.15, 0.2) is 18.2 Å². The molecule has 104 valence electrons. The fourth-order valence-corrected chi connectivity index (χ4v) is 2.17. The molecule has 0 bridgehead atoms. The number of non-ortho nitro benzene ring substituents is 1. The summed E-state index contributed by atoms with van der Waals surface area (Å²) in [6.07, 6.45) is 2.14. The van der Waals surface area contributed by atoms with E-state index < -0.39 is 4.92 Å². The average molecular weight is 266 g/mol. The molecular formula is C12H18N4O3. The van der Waals surface area contributed by atoms with Crippen molar-refractivity contribution in [2.24, 2.45) is 5.84 Å². The highest BCUT2D eigenvalue weighted by atomic mass is 16.6. The van der Waals surface area contributed by atoms with Gasteiger partial charge >= 0.3 is 0 Å². The molecule has 0 unspecified atom stereocenters. The molecule has 0 atom stereocenters. The van der Waals surface area contributed by atoms with Gasteiger partial charge in [-0.3, -0.25) is 16.0 Å². The number of anilines is 2. The van der Waals surface area contributed by atoms with Crippen LogP contribution >= 0.6 is 0 Å². The summed E-state index contributed by atoms with van der Waals surface area (Å²) >= 11 is 0. The standard InChI is InChI=1S/C12H18N4O3/c1-2-19-12-6-9(7-12)14-8-3-10(15-13)5-11(4-8)16(17)18/h3-5,9,12,14-15H,2,6-7,13H2,1H3. The van der Waals surface area contributed by atoms with E-state index in [0.29, 0.717) is 23.5 Å². The monoisotopic (exact) mass is 266 g/mol. The Morgan fingerprint density at radius 3 is 2.68 bits per heavy atom. The van der Waals surface area contributed by atoms with Gasteiger partial charge in [0.05, 0.1) is 16.7 Å². The molecule has 0 aliphatic heterocycles. The molecule has 0 spiro atoms. The van der Waals surface area contributed by atoms with Crippen LogP contribution in [0.5, 0.6) is 0 Å². The molecule has 1 aromatic rings. The van der Waals surface area contributed by atoms with E-state index in [1.165, 1.54) is 12.1 Å². The van der Waals surface area contributed by atoms with Crippen molar-refractivity contribution in [1.29, 1.82) is 0 Å². The highest BCUT2D eigenvalue weighted by Crippen LogP contribution is 2.30. The number of benzene rings is 1. The van der Waals surface area contributed by atoms with Crippen LogP contribution in [0.2, 0.25) is 0 Å². The Hall–Kier alpha value is -1.86. The maximum atomic E-state index is 10.8. The normalized spacial score (nSPS) is 21.6. The molecule has 1 fully saturated rings. The number of nitrogen functional groups attached to an aromatic ring is 1. The third-order valence-corrected chi connectivity index (χ3v) is 3.16. The van der Waals surface area contributed by atoms with Gasteiger partial charge in [0.1, 0.15) is 0 Å². The highest BCUT2D eigenvalue weighted by molar-refractivity contribution is 5.63. The fourth-order valence-electron chi connectivity index (χ4n) is 2.17. The summed E-state index contributed by atoms with van der Waals surface area (Å²) in [5, 5.41) is 14.1. The Morgan fingerprint density at radius 2 is 2.11 bits per heavy atom. The summed E-state index contributed by atoms with van der Waals surface area (Å²) in [4.78, 5) is 10.4. The number of hydrazine groups is 1. The first-order valence-corrected chi connectivity index (χ1v) is 6.26. The lowest BCUT2D eigenvalue weighted by Gasteiger charge is -2.36. The van der Waals surface area contributed by atoms with Crippen LogP contribution in [0.4, 0.5) is 17.1 Å². The molecule has 7 heteroatoms. The van der Waals surface area contributed by atoms with Crippen molar-refractivity contribution in [3.63, 3.8) is 0 Å². The second kappa shape index (κ2) is 5.85. The summed E-state index contributed by atoms with van der Waals surface area (Å²) in [7, 11) is 0. The van der Waals surface area contributed by atoms with E-state index in [9.17, 15) is 10.1 Å². The maximum Gasteiger partial charge on any atom is 0.273 e. The highest BCUT2D eigenvalue weighted by Gasteiger charge is 2.29. The lowest BCUT2D eigenvalue weighted by atomic mass is 9.89. The molecule has 2 rings (SSSR count). The second-order valence-electron chi connectivity index (χ2n) is 4.56. The molecule has 1 aliphatic rings. The van der Waals surface area contributed by atoms with Crippen LogP contribution in [0.3, 0.4) is 0 Å². The van der Waals surface area contributed by atoms with Gasteiger partial charge in [0.25, 0.3) is 5.69 Å². The van der Waals surface area contributed by atoms with Gasteiger partial charge in [-0.15, -0.1) is 0 Å². The molecule has 1 saturated carbocycles. The summed E-state index contributed by atoms with van der Waals surface area (Å²) < 4.78 is 5.47. The topological polar surface area (TPSA) is 102 Å². The van der Waals surface area contributed by atoms with E-state index >= 15 is 0 Å². The summed E-state index contributed by atoms with van der Waals surface area (Å²) in [5.41, 5.74) is 3.65. The molecule has 0 heterocycles. The minimum atomic E-state index is -0.435. The Morgan fingerprint density at radius 1 is 1.42 bits per heavy atom. The number of nitrogens with one attached hydrogen (secondary N) is 2. The number of ether oxygens (including phenoxy) is 1. The molecule has 0 aromatic heterocycles. The van der Waals surface area contributed by atoms with Crippen molar-refractivity contribution in [2.75, 3.05) is 17.3 Å². The number of nitrogens with zero attached hydrogens (tertiary/aromatic N) is 1. The fraction of sp³-hybridized carbons (Fsp3) is 0.500. The van der Waals surface area contributed by atoms with Crippen molar-refractivity contribution in [1.82, 2.24) is 0 Å². The number of nitrogens with two attached hydrogens (primary N) is 1. The quantitative estimate of drug-likeness (QED) is 0.412. The van der Waals surface area contributed by atoms with E-state index in [2.05, 4.69) is 10.7 Å². The van der Waals surface area contributed by atoms with Crippen molar-refractivity contribution >= 4 is 17.1 Å². The third kappa shape index (κ3) is 3.33. The largest absolute Gasteiger partial charge is 0.382 e. The van der Waals surface area contributed by atoms with Crippen LogP contribution in [-0.4, -0.2) is 23.7 Å². The van der Waals surface area contributed by atoms with Gasteiger partial charge in [-0.1, -0.05) is 0 Å². The van der Waals surface area contributed by atoms with Crippen LogP contribution in [0.1, 0.15) is 19.8 Å². The van der Waals surface area contributed by atoms with E-state index in [1.54, 1.807) is 6.07 Å². The zero-order valence-corrected chi connectivity index (χ0v) is 10.8. The van der Waals surface area contributed by atoms with Crippen molar-refractivity contribution < 1.29 is 9.66 Å². The Kier molecular flexibility index (Phi) is 4.18. The molecular weight excluding hydrogens is 248 g/mol. The van der Waals surface area contributed by atoms with Gasteiger partial charge in [-0.25, -0.2) is 0 Å². The first-order valence-electron chi connectivity index (χ1n) is 6.26. The zero-order valence-electron chi connectivity index (χ0n) is 10.8. The second-order valence-corrected chi connectivity index (χ2v) is 4.56. The number of hydrogen-bond acceptors (Lipinski definition) is 6. The Balaban J connectivity index is 2.00. The molecule has 19 heavy (non-hydrogen) atoms. The van der Waals surface area contributed by atoms with Crippen LogP contribution < -0.4 is 16.6 Å². The number of hydrogen-bond donors (Lipinski definition) is 3. The molecule has 7 nitrogen and oxygen atoms in total. The van der Waals surface area contributed by atoms with E-state index in [-0.39, 0.29) is 5.69 Å². The molecule has 0 radical (unpaired) electrons. The summed E-state index contributed by atoms with van der Waals surface area (Å²) in [5.74, 6) is 5.31. The van der Waals surface area contributed by atoms with Gasteiger partial charge in [0.2, 0.25) is 0 Å². The average Bonchev–Trinajstić information content (AvgIpc) is 2.35. The zero-order chi connectivity index (χ0) is 13.8. The lowest BCUT2D eigenvalue weighted by molar-refractivity contribution is -0.384. The first-order chi connectivity index (χ1) is 9.12. The van der Waals surface area contributed by atoms with Crippen LogP contribution in [-0.2, 0) is 4.74 Å². The smallest absolute Gasteiger partial charge is 0.273 e. The van der Waals surface area contributed by atoms with Gasteiger partial charge < -0.3 is 15.5 Å². The van der Waals surface area contributed by atoms with Crippen molar-refractivity contribution in [3.8, 4) is 0 Å². The SMILES string of the molecule is CCOC1CC(Nc2cc(NN)cc([N+](=O)[O-])c2)C1. The minimum absolute atomic E-state index is 0.0126. The molecule has 1 aliphatic carbocycles. The van der Waals surface area contributed by atoms with Gasteiger partial charge in [0, 0.05) is 30.5 Å². The molecule has 0 amide bonds. The van der Waals surface area contributed by atoms with E-state index in [4.69, 9.17) is 10.6 Å². The predicted octanol–water partition coefficient (Wildman–Crippen LogP) is 1.86. The third-order valence-electron chi connectivity index (χ3n) is 3.16. The number of rotatable bonds is 6. The lowest BCUT2D eigenvalue weighted by Crippen LogP contribution is -2.40. The van der Waals surface area contributed by atoms with Crippen molar-refractivity contribution in [2.45, 2.75) is 31.9 Å². The van der Waals surface area contributed by atoms with Gasteiger partial charge in [-0.05, 0) is 25.8 Å². The van der Waals surface area contributed by atoms with Crippen LogP contribution in [0, 0.1) is 10.1 Å². The van der Waals surface area contributed by atoms with E-state index in [1.807, 2.05) is 6.92 Å². The maximum absolute atomic E-state index is 10.8. The number of nitro benzene ring substituents is 1. The first kappa shape index (κ1) is 13.6. The summed E-state index contributed by atoms with van der Waals surface area (Å²) in [6, 6.07) is 4.95. The Labute approximate surface area is 111 Å². The van der Waals surface area contributed by atoms with Crippen molar-refractivity contribution in [3.05, 3.63) is 28.3 Å². The molecule has 4 N–H and O–H groups in total. The van der Waals surface area contributed by atoms with Gasteiger partial charge in [0.15, 0.2) is 0 Å². The van der Waals surface area contributed by atoms with Crippen LogP contribution in [0.25, 0.3) is 0 Å².